The summed E-state index contributed by atoms with van der Waals surface area (Å²) in [7, 11) is 0. The SMILES string of the molecule is Cc1cc(C)c(C(=O)NC[C@H](O)CN2CCOCC2)[nH]1. The number of morpholine rings is 1. The van der Waals surface area contributed by atoms with Crippen LogP contribution < -0.4 is 5.32 Å². The molecular weight excluding hydrogens is 258 g/mol. The molecule has 1 amide bonds. The van der Waals surface area contributed by atoms with Gasteiger partial charge in [-0.2, -0.15) is 0 Å². The van der Waals surface area contributed by atoms with Gasteiger partial charge in [-0.1, -0.05) is 0 Å². The van der Waals surface area contributed by atoms with Crippen molar-refractivity contribution in [2.75, 3.05) is 39.4 Å². The Morgan fingerprint density at radius 3 is 2.80 bits per heavy atom. The second-order valence-electron chi connectivity index (χ2n) is 5.29. The number of amides is 1. The fraction of sp³-hybridized carbons (Fsp3) is 0.643. The minimum atomic E-state index is -0.562. The lowest BCUT2D eigenvalue weighted by molar-refractivity contribution is 0.0149. The average Bonchev–Trinajstić information content (AvgIpc) is 2.76. The molecule has 20 heavy (non-hydrogen) atoms. The summed E-state index contributed by atoms with van der Waals surface area (Å²) in [6, 6.07) is 1.93. The van der Waals surface area contributed by atoms with Crippen LogP contribution >= 0.6 is 0 Å². The van der Waals surface area contributed by atoms with Crippen molar-refractivity contribution in [2.45, 2.75) is 20.0 Å². The van der Waals surface area contributed by atoms with Crippen LogP contribution in [0.15, 0.2) is 6.07 Å². The predicted molar refractivity (Wildman–Crippen MR) is 75.9 cm³/mol. The Bertz CT molecular complexity index is 453. The lowest BCUT2D eigenvalue weighted by Gasteiger charge is -2.28. The van der Waals surface area contributed by atoms with Gasteiger partial charge in [0, 0.05) is 31.9 Å². The van der Waals surface area contributed by atoms with E-state index < -0.39 is 6.10 Å². The molecule has 0 bridgehead atoms. The molecule has 6 nitrogen and oxygen atoms in total. The molecule has 3 N–H and O–H groups in total. The molecule has 1 aromatic rings. The van der Waals surface area contributed by atoms with Gasteiger partial charge < -0.3 is 20.1 Å². The van der Waals surface area contributed by atoms with Crippen LogP contribution in [-0.2, 0) is 4.74 Å². The summed E-state index contributed by atoms with van der Waals surface area (Å²) in [5.74, 6) is -0.170. The van der Waals surface area contributed by atoms with Crippen LogP contribution in [0.25, 0.3) is 0 Å². The molecule has 1 fully saturated rings. The molecule has 0 unspecified atom stereocenters. The highest BCUT2D eigenvalue weighted by atomic mass is 16.5. The molecule has 0 saturated carbocycles. The third-order valence-electron chi connectivity index (χ3n) is 3.45. The van der Waals surface area contributed by atoms with Gasteiger partial charge in [-0.25, -0.2) is 0 Å². The second kappa shape index (κ2) is 6.88. The molecule has 0 radical (unpaired) electrons. The minimum Gasteiger partial charge on any atom is -0.390 e. The standard InChI is InChI=1S/C14H23N3O3/c1-10-7-11(2)16-13(10)14(19)15-8-12(18)9-17-3-5-20-6-4-17/h7,12,16,18H,3-6,8-9H2,1-2H3,(H,15,19)/t12-/m0/s1. The van der Waals surface area contributed by atoms with Gasteiger partial charge in [-0.15, -0.1) is 0 Å². The Hall–Kier alpha value is -1.37. The number of nitrogens with one attached hydrogen (secondary N) is 2. The van der Waals surface area contributed by atoms with E-state index in [2.05, 4.69) is 15.2 Å². The van der Waals surface area contributed by atoms with Gasteiger partial charge in [0.05, 0.1) is 19.3 Å². The Morgan fingerprint density at radius 2 is 2.20 bits per heavy atom. The molecule has 2 rings (SSSR count). The van der Waals surface area contributed by atoms with Crippen molar-refractivity contribution >= 4 is 5.91 Å². The fourth-order valence-corrected chi connectivity index (χ4v) is 2.41. The number of carbonyl (C=O) groups excluding carboxylic acids is 1. The Morgan fingerprint density at radius 1 is 1.50 bits per heavy atom. The Labute approximate surface area is 119 Å². The van der Waals surface area contributed by atoms with E-state index in [1.54, 1.807) is 0 Å². The van der Waals surface area contributed by atoms with E-state index in [1.807, 2.05) is 19.9 Å². The fourth-order valence-electron chi connectivity index (χ4n) is 2.41. The van der Waals surface area contributed by atoms with E-state index in [1.165, 1.54) is 0 Å². The first-order chi connectivity index (χ1) is 9.56. The van der Waals surface area contributed by atoms with E-state index >= 15 is 0 Å². The number of aromatic amines is 1. The summed E-state index contributed by atoms with van der Waals surface area (Å²) in [5.41, 5.74) is 2.45. The van der Waals surface area contributed by atoms with Crippen molar-refractivity contribution in [1.29, 1.82) is 0 Å². The van der Waals surface area contributed by atoms with E-state index in [0.717, 1.165) is 24.3 Å². The third kappa shape index (κ3) is 4.06. The molecule has 0 aromatic carbocycles. The second-order valence-corrected chi connectivity index (χ2v) is 5.29. The number of ether oxygens (including phenoxy) is 1. The number of aromatic nitrogens is 1. The highest BCUT2D eigenvalue weighted by Gasteiger charge is 2.17. The average molecular weight is 281 g/mol. The molecule has 1 saturated heterocycles. The van der Waals surface area contributed by atoms with Crippen LogP contribution in [0.4, 0.5) is 0 Å². The van der Waals surface area contributed by atoms with Crippen LogP contribution in [-0.4, -0.2) is 66.4 Å². The molecule has 2 heterocycles. The Kier molecular flexibility index (Phi) is 5.17. The number of carbonyl (C=O) groups is 1. The van der Waals surface area contributed by atoms with Crippen LogP contribution in [0.1, 0.15) is 21.7 Å². The Balaban J connectivity index is 1.76. The van der Waals surface area contributed by atoms with Gasteiger partial charge in [0.1, 0.15) is 5.69 Å². The first kappa shape index (κ1) is 15.0. The summed E-state index contributed by atoms with van der Waals surface area (Å²) in [4.78, 5) is 17.2. The summed E-state index contributed by atoms with van der Waals surface area (Å²) < 4.78 is 5.26. The molecule has 1 aromatic heterocycles. The van der Waals surface area contributed by atoms with E-state index in [0.29, 0.717) is 25.5 Å². The largest absolute Gasteiger partial charge is 0.390 e. The van der Waals surface area contributed by atoms with Crippen molar-refractivity contribution in [3.05, 3.63) is 23.0 Å². The smallest absolute Gasteiger partial charge is 0.268 e. The topological polar surface area (TPSA) is 77.6 Å². The lowest BCUT2D eigenvalue weighted by atomic mass is 10.2. The van der Waals surface area contributed by atoms with Gasteiger partial charge >= 0.3 is 0 Å². The number of aliphatic hydroxyl groups is 1. The number of β-amino-alcohol motifs (C(OH)–C–C–N with tert-alkyl or cyclic N) is 1. The first-order valence-corrected chi connectivity index (χ1v) is 6.99. The molecule has 1 aliphatic heterocycles. The first-order valence-electron chi connectivity index (χ1n) is 6.99. The summed E-state index contributed by atoms with van der Waals surface area (Å²) in [6.45, 7) is 7.71. The number of aliphatic hydroxyl groups excluding tert-OH is 1. The maximum atomic E-state index is 12.0. The van der Waals surface area contributed by atoms with Crippen LogP contribution in [0, 0.1) is 13.8 Å². The maximum Gasteiger partial charge on any atom is 0.268 e. The highest BCUT2D eigenvalue weighted by Crippen LogP contribution is 2.08. The molecule has 1 atom stereocenters. The van der Waals surface area contributed by atoms with Crippen molar-refractivity contribution < 1.29 is 14.6 Å². The van der Waals surface area contributed by atoms with E-state index in [4.69, 9.17) is 4.74 Å². The van der Waals surface area contributed by atoms with Crippen molar-refractivity contribution in [2.24, 2.45) is 0 Å². The van der Waals surface area contributed by atoms with Gasteiger partial charge in [0.25, 0.3) is 5.91 Å². The summed E-state index contributed by atoms with van der Waals surface area (Å²) >= 11 is 0. The molecule has 0 spiro atoms. The number of rotatable bonds is 5. The van der Waals surface area contributed by atoms with Gasteiger partial charge in [-0.3, -0.25) is 9.69 Å². The minimum absolute atomic E-state index is 0.170. The van der Waals surface area contributed by atoms with Crippen LogP contribution in [0.5, 0.6) is 0 Å². The molecule has 1 aliphatic rings. The van der Waals surface area contributed by atoms with Crippen LogP contribution in [0.3, 0.4) is 0 Å². The number of hydrogen-bond acceptors (Lipinski definition) is 4. The van der Waals surface area contributed by atoms with E-state index in [9.17, 15) is 9.90 Å². The van der Waals surface area contributed by atoms with Gasteiger partial charge in [0.2, 0.25) is 0 Å². The van der Waals surface area contributed by atoms with E-state index in [-0.39, 0.29) is 12.5 Å². The zero-order chi connectivity index (χ0) is 14.5. The monoisotopic (exact) mass is 281 g/mol. The highest BCUT2D eigenvalue weighted by molar-refractivity contribution is 5.93. The third-order valence-corrected chi connectivity index (χ3v) is 3.45. The molecule has 6 heteroatoms. The molecular formula is C14H23N3O3. The molecule has 112 valence electrons. The number of nitrogens with zero attached hydrogens (tertiary/aromatic N) is 1. The maximum absolute atomic E-state index is 12.0. The lowest BCUT2D eigenvalue weighted by Crippen LogP contribution is -2.44. The number of aryl methyl sites for hydroxylation is 2. The normalized spacial score (nSPS) is 17.9. The summed E-state index contributed by atoms with van der Waals surface area (Å²) in [6.07, 6.45) is -0.562. The van der Waals surface area contributed by atoms with Crippen molar-refractivity contribution in [1.82, 2.24) is 15.2 Å². The zero-order valence-electron chi connectivity index (χ0n) is 12.1. The quantitative estimate of drug-likeness (QED) is 0.713. The number of H-pyrrole nitrogens is 1. The van der Waals surface area contributed by atoms with Gasteiger partial charge in [-0.05, 0) is 25.5 Å². The predicted octanol–water partition coefficient (Wildman–Crippen LogP) is 0.0544. The molecule has 0 aliphatic carbocycles. The van der Waals surface area contributed by atoms with Crippen molar-refractivity contribution in [3.63, 3.8) is 0 Å². The number of hydrogen-bond donors (Lipinski definition) is 3. The van der Waals surface area contributed by atoms with Crippen LogP contribution in [0.2, 0.25) is 0 Å². The van der Waals surface area contributed by atoms with Crippen molar-refractivity contribution in [3.8, 4) is 0 Å². The zero-order valence-corrected chi connectivity index (χ0v) is 12.1. The summed E-state index contributed by atoms with van der Waals surface area (Å²) in [5, 5.41) is 12.7. The van der Waals surface area contributed by atoms with Gasteiger partial charge in [0.15, 0.2) is 0 Å².